The van der Waals surface area contributed by atoms with Gasteiger partial charge in [0.2, 0.25) is 0 Å². The number of rotatable bonds is 0. The average molecular weight is 428 g/mol. The van der Waals surface area contributed by atoms with Crippen molar-refractivity contribution in [3.8, 4) is 11.5 Å². The van der Waals surface area contributed by atoms with Gasteiger partial charge >= 0.3 is 6.16 Å². The molecule has 0 aromatic heterocycles. The van der Waals surface area contributed by atoms with Crippen molar-refractivity contribution in [1.82, 2.24) is 0 Å². The zero-order valence-corrected chi connectivity index (χ0v) is 17.2. The van der Waals surface area contributed by atoms with E-state index in [0.29, 0.717) is 11.5 Å². The molecular weight excluding hydrogens is 404 g/mol. The van der Waals surface area contributed by atoms with Gasteiger partial charge in [-0.05, 0) is 57.9 Å². The Kier molecular flexibility index (Phi) is 9.60. The maximum Gasteiger partial charge on any atom is 0.503 e. The summed E-state index contributed by atoms with van der Waals surface area (Å²) in [6, 6.07) is 38.8. The summed E-state index contributed by atoms with van der Waals surface area (Å²) >= 11 is 0. The molecule has 5 nitrogen and oxygen atoms in total. The molecule has 5 aromatic rings. The first-order valence-electron chi connectivity index (χ1n) is 9.73. The summed E-state index contributed by atoms with van der Waals surface area (Å²) in [7, 11) is 0. The summed E-state index contributed by atoms with van der Waals surface area (Å²) in [6.07, 6.45) is -1.83. The Morgan fingerprint density at radius 2 is 0.656 bits per heavy atom. The lowest BCUT2D eigenvalue weighted by Crippen LogP contribution is -1.81. The van der Waals surface area contributed by atoms with Crippen molar-refractivity contribution in [2.75, 3.05) is 0 Å². The predicted octanol–water partition coefficient (Wildman–Crippen LogP) is 7.00. The number of phenols is 2. The van der Waals surface area contributed by atoms with Gasteiger partial charge in [0.05, 0.1) is 0 Å². The Morgan fingerprint density at radius 3 is 0.844 bits per heavy atom. The molecule has 0 aliphatic heterocycles. The molecular formula is C27H24O5. The SMILES string of the molecule is O=C(O)O.Oc1ccccc1.Oc1ccccc1.c1ccc2cc3ccccc3cc2c1. The van der Waals surface area contributed by atoms with E-state index in [0.717, 1.165) is 0 Å². The first-order valence-corrected chi connectivity index (χ1v) is 9.73. The molecule has 0 bridgehead atoms. The summed E-state index contributed by atoms with van der Waals surface area (Å²) in [6.45, 7) is 0. The van der Waals surface area contributed by atoms with Crippen LogP contribution >= 0.6 is 0 Å². The normalized spacial score (nSPS) is 9.25. The van der Waals surface area contributed by atoms with Crippen molar-refractivity contribution < 1.29 is 25.2 Å². The molecule has 0 amide bonds. The van der Waals surface area contributed by atoms with Gasteiger partial charge in [-0.25, -0.2) is 4.79 Å². The van der Waals surface area contributed by atoms with Crippen LogP contribution in [-0.2, 0) is 0 Å². The highest BCUT2D eigenvalue weighted by Gasteiger charge is 1.95. The highest BCUT2D eigenvalue weighted by atomic mass is 16.6. The van der Waals surface area contributed by atoms with Crippen molar-refractivity contribution in [2.24, 2.45) is 0 Å². The van der Waals surface area contributed by atoms with Gasteiger partial charge in [0.25, 0.3) is 0 Å². The molecule has 4 N–H and O–H groups in total. The smallest absolute Gasteiger partial charge is 0.503 e. The van der Waals surface area contributed by atoms with E-state index in [4.69, 9.17) is 25.2 Å². The van der Waals surface area contributed by atoms with Crippen LogP contribution in [0.3, 0.4) is 0 Å². The summed E-state index contributed by atoms with van der Waals surface area (Å²) in [5, 5.41) is 36.5. The molecule has 5 rings (SSSR count). The van der Waals surface area contributed by atoms with Crippen molar-refractivity contribution in [3.05, 3.63) is 121 Å². The lowest BCUT2D eigenvalue weighted by atomic mass is 10.0. The quantitative estimate of drug-likeness (QED) is 0.199. The van der Waals surface area contributed by atoms with Crippen molar-refractivity contribution in [2.45, 2.75) is 0 Å². The van der Waals surface area contributed by atoms with Crippen LogP contribution in [0.1, 0.15) is 0 Å². The fraction of sp³-hybridized carbons (Fsp3) is 0. The van der Waals surface area contributed by atoms with Gasteiger partial charge in [-0.2, -0.15) is 0 Å². The summed E-state index contributed by atoms with van der Waals surface area (Å²) in [5.41, 5.74) is 0. The van der Waals surface area contributed by atoms with Gasteiger partial charge in [-0.15, -0.1) is 0 Å². The van der Waals surface area contributed by atoms with Crippen LogP contribution in [0.4, 0.5) is 4.79 Å². The number of hydrogen-bond acceptors (Lipinski definition) is 3. The van der Waals surface area contributed by atoms with Crippen molar-refractivity contribution in [3.63, 3.8) is 0 Å². The van der Waals surface area contributed by atoms with Gasteiger partial charge in [-0.1, -0.05) is 84.9 Å². The molecule has 0 unspecified atom stereocenters. The van der Waals surface area contributed by atoms with Crippen LogP contribution in [0.15, 0.2) is 121 Å². The van der Waals surface area contributed by atoms with Crippen molar-refractivity contribution in [1.29, 1.82) is 0 Å². The highest BCUT2D eigenvalue weighted by molar-refractivity contribution is 5.98. The second kappa shape index (κ2) is 12.9. The maximum absolute atomic E-state index is 8.63. The molecule has 0 radical (unpaired) electrons. The average Bonchev–Trinajstić information content (AvgIpc) is 2.79. The minimum absolute atomic E-state index is 0.322. The predicted molar refractivity (Wildman–Crippen MR) is 128 cm³/mol. The van der Waals surface area contributed by atoms with E-state index in [1.807, 2.05) is 12.1 Å². The number of fused-ring (bicyclic) bond motifs is 2. The van der Waals surface area contributed by atoms with Crippen LogP contribution in [0, 0.1) is 0 Å². The Hall–Kier alpha value is -4.51. The third kappa shape index (κ3) is 8.88. The minimum Gasteiger partial charge on any atom is -0.508 e. The Morgan fingerprint density at radius 1 is 0.438 bits per heavy atom. The second-order valence-corrected chi connectivity index (χ2v) is 6.50. The standard InChI is InChI=1S/C14H10.2C6H6O.CH2O3/c1-2-6-12-10-14-8-4-3-7-13(14)9-11(12)5-1;2*7-6-4-2-1-3-5-6;2-1(3)4/h1-10H;2*1-5,7H;(H2,2,3,4). The molecule has 0 atom stereocenters. The second-order valence-electron chi connectivity index (χ2n) is 6.50. The largest absolute Gasteiger partial charge is 0.508 e. The molecule has 5 aromatic carbocycles. The molecule has 0 aliphatic rings. The lowest BCUT2D eigenvalue weighted by Gasteiger charge is -2.00. The number of aromatic hydroxyl groups is 2. The van der Waals surface area contributed by atoms with Crippen LogP contribution in [0.2, 0.25) is 0 Å². The van der Waals surface area contributed by atoms with Crippen LogP contribution in [0.5, 0.6) is 11.5 Å². The van der Waals surface area contributed by atoms with Gasteiger partial charge in [-0.3, -0.25) is 0 Å². The number of carbonyl (C=O) groups is 1. The summed E-state index contributed by atoms with van der Waals surface area (Å²) in [4.78, 5) is 8.56. The number of phenolic OH excluding ortho intramolecular Hbond substituents is 2. The third-order valence-corrected chi connectivity index (χ3v) is 4.13. The zero-order chi connectivity index (χ0) is 23.2. The summed E-state index contributed by atoms with van der Waals surface area (Å²) in [5.74, 6) is 0.644. The Bertz CT molecular complexity index is 1080. The zero-order valence-electron chi connectivity index (χ0n) is 17.2. The van der Waals surface area contributed by atoms with Crippen molar-refractivity contribution >= 4 is 27.7 Å². The molecule has 0 aliphatic carbocycles. The summed E-state index contributed by atoms with van der Waals surface area (Å²) < 4.78 is 0. The first kappa shape index (κ1) is 23.8. The van der Waals surface area contributed by atoms with E-state index < -0.39 is 6.16 Å². The molecule has 0 fully saturated rings. The molecule has 162 valence electrons. The van der Waals surface area contributed by atoms with E-state index in [2.05, 4.69) is 60.7 Å². The van der Waals surface area contributed by atoms with E-state index in [1.54, 1.807) is 48.5 Å². The Balaban J connectivity index is 0.000000171. The van der Waals surface area contributed by atoms with Crippen LogP contribution in [-0.4, -0.2) is 26.6 Å². The van der Waals surface area contributed by atoms with E-state index in [-0.39, 0.29) is 0 Å². The molecule has 5 heteroatoms. The molecule has 32 heavy (non-hydrogen) atoms. The number of benzene rings is 5. The maximum atomic E-state index is 8.63. The lowest BCUT2D eigenvalue weighted by molar-refractivity contribution is 0.137. The number of hydrogen-bond donors (Lipinski definition) is 4. The fourth-order valence-electron chi connectivity index (χ4n) is 2.74. The fourth-order valence-corrected chi connectivity index (χ4v) is 2.74. The van der Waals surface area contributed by atoms with Gasteiger partial charge in [0.1, 0.15) is 11.5 Å². The van der Waals surface area contributed by atoms with Crippen LogP contribution < -0.4 is 0 Å². The molecule has 0 saturated heterocycles. The van der Waals surface area contributed by atoms with Crippen LogP contribution in [0.25, 0.3) is 21.5 Å². The van der Waals surface area contributed by atoms with Gasteiger partial charge < -0.3 is 20.4 Å². The molecule has 0 saturated carbocycles. The molecule has 0 heterocycles. The third-order valence-electron chi connectivity index (χ3n) is 4.13. The topological polar surface area (TPSA) is 98.0 Å². The molecule has 0 spiro atoms. The minimum atomic E-state index is -1.83. The van der Waals surface area contributed by atoms with E-state index in [9.17, 15) is 0 Å². The first-order chi connectivity index (χ1) is 15.5. The highest BCUT2D eigenvalue weighted by Crippen LogP contribution is 2.22. The van der Waals surface area contributed by atoms with E-state index >= 15 is 0 Å². The van der Waals surface area contributed by atoms with Gasteiger partial charge in [0.15, 0.2) is 0 Å². The van der Waals surface area contributed by atoms with E-state index in [1.165, 1.54) is 21.5 Å². The number of para-hydroxylation sites is 2. The number of carboxylic acid groups (broad SMARTS) is 2. The van der Waals surface area contributed by atoms with Gasteiger partial charge in [0, 0.05) is 0 Å². The monoisotopic (exact) mass is 428 g/mol. The Labute approximate surface area is 186 Å².